The highest BCUT2D eigenvalue weighted by molar-refractivity contribution is 4.56. The summed E-state index contributed by atoms with van der Waals surface area (Å²) in [7, 11) is 0. The molecule has 0 aliphatic rings. The lowest BCUT2D eigenvalue weighted by molar-refractivity contribution is 0.0908. The first-order chi connectivity index (χ1) is 8.85. The number of hydrogen-bond donors (Lipinski definition) is 1. The smallest absolute Gasteiger partial charge is 0.0494 e. The zero-order valence-electron chi connectivity index (χ0n) is 12.8. The molecular weight excluding hydrogens is 222 g/mol. The molecule has 2 N–H and O–H groups in total. The minimum Gasteiger partial charge on any atom is -0.381 e. The van der Waals surface area contributed by atoms with Gasteiger partial charge in [0, 0.05) is 13.2 Å². The first kappa shape index (κ1) is 17.9. The van der Waals surface area contributed by atoms with Gasteiger partial charge in [-0.15, -0.1) is 0 Å². The second kappa shape index (κ2) is 15.0. The van der Waals surface area contributed by atoms with Gasteiger partial charge in [-0.3, -0.25) is 0 Å². The van der Waals surface area contributed by atoms with Crippen molar-refractivity contribution in [2.45, 2.75) is 78.1 Å². The van der Waals surface area contributed by atoms with E-state index in [0.29, 0.717) is 0 Å². The predicted octanol–water partition coefficient (Wildman–Crippen LogP) is 4.52. The summed E-state index contributed by atoms with van der Waals surface area (Å²) in [6, 6.07) is 0. The lowest BCUT2D eigenvalue weighted by Crippen LogP contribution is -2.09. The summed E-state index contributed by atoms with van der Waals surface area (Å²) in [4.78, 5) is 0. The maximum Gasteiger partial charge on any atom is 0.0494 e. The van der Waals surface area contributed by atoms with Crippen LogP contribution < -0.4 is 5.73 Å². The highest BCUT2D eigenvalue weighted by atomic mass is 16.5. The van der Waals surface area contributed by atoms with Crippen molar-refractivity contribution in [2.75, 3.05) is 19.8 Å². The number of unbranched alkanes of at least 4 members (excludes halogenated alkanes) is 6. The van der Waals surface area contributed by atoms with Gasteiger partial charge in [-0.25, -0.2) is 0 Å². The molecule has 1 atom stereocenters. The van der Waals surface area contributed by atoms with Gasteiger partial charge in [0.25, 0.3) is 0 Å². The van der Waals surface area contributed by atoms with Crippen molar-refractivity contribution in [3.05, 3.63) is 0 Å². The molecule has 18 heavy (non-hydrogen) atoms. The molecule has 0 amide bonds. The highest BCUT2D eigenvalue weighted by Gasteiger charge is 2.05. The molecule has 2 nitrogen and oxygen atoms in total. The zero-order chi connectivity index (χ0) is 13.5. The van der Waals surface area contributed by atoms with Crippen LogP contribution >= 0.6 is 0 Å². The van der Waals surface area contributed by atoms with Crippen molar-refractivity contribution in [3.63, 3.8) is 0 Å². The fraction of sp³-hybridized carbons (Fsp3) is 1.00. The summed E-state index contributed by atoms with van der Waals surface area (Å²) in [5, 5.41) is 0. The largest absolute Gasteiger partial charge is 0.381 e. The quantitative estimate of drug-likeness (QED) is 0.464. The monoisotopic (exact) mass is 257 g/mol. The molecule has 0 fully saturated rings. The third kappa shape index (κ3) is 12.4. The fourth-order valence-electron chi connectivity index (χ4n) is 2.20. The molecule has 0 aromatic heterocycles. The molecule has 0 saturated carbocycles. The Kier molecular flexibility index (Phi) is 14.9. The molecule has 0 aromatic rings. The van der Waals surface area contributed by atoms with Gasteiger partial charge in [0.1, 0.15) is 0 Å². The predicted molar refractivity (Wildman–Crippen MR) is 80.9 cm³/mol. The maximum atomic E-state index is 5.79. The fourth-order valence-corrected chi connectivity index (χ4v) is 2.20. The van der Waals surface area contributed by atoms with Crippen LogP contribution in [-0.4, -0.2) is 19.8 Å². The Balaban J connectivity index is 3.17. The van der Waals surface area contributed by atoms with E-state index in [1.807, 2.05) is 0 Å². The summed E-state index contributed by atoms with van der Waals surface area (Å²) in [5.41, 5.74) is 5.47. The van der Waals surface area contributed by atoms with E-state index in [0.717, 1.165) is 25.7 Å². The van der Waals surface area contributed by atoms with E-state index in [-0.39, 0.29) is 0 Å². The van der Waals surface area contributed by atoms with Crippen LogP contribution in [0.3, 0.4) is 0 Å². The first-order valence-corrected chi connectivity index (χ1v) is 8.12. The first-order valence-electron chi connectivity index (χ1n) is 8.12. The van der Waals surface area contributed by atoms with Crippen molar-refractivity contribution in [3.8, 4) is 0 Å². The lowest BCUT2D eigenvalue weighted by atomic mass is 10.0. The second-order valence-electron chi connectivity index (χ2n) is 5.40. The third-order valence-electron chi connectivity index (χ3n) is 3.64. The van der Waals surface area contributed by atoms with Crippen LogP contribution in [0.25, 0.3) is 0 Å². The molecule has 1 unspecified atom stereocenters. The van der Waals surface area contributed by atoms with Gasteiger partial charge in [-0.05, 0) is 31.7 Å². The minimum atomic E-state index is 0.787. The van der Waals surface area contributed by atoms with Gasteiger partial charge in [0.05, 0.1) is 0 Å². The summed E-state index contributed by atoms with van der Waals surface area (Å²) >= 11 is 0. The van der Waals surface area contributed by atoms with Crippen molar-refractivity contribution in [1.29, 1.82) is 0 Å². The number of hydrogen-bond acceptors (Lipinski definition) is 2. The molecule has 0 aliphatic heterocycles. The van der Waals surface area contributed by atoms with Crippen LogP contribution in [0.1, 0.15) is 78.1 Å². The average molecular weight is 257 g/mol. The normalized spacial score (nSPS) is 12.8. The van der Waals surface area contributed by atoms with Gasteiger partial charge in [0.15, 0.2) is 0 Å². The molecule has 0 spiro atoms. The van der Waals surface area contributed by atoms with Gasteiger partial charge in [-0.1, -0.05) is 58.8 Å². The Labute approximate surface area is 115 Å². The number of rotatable bonds is 14. The second-order valence-corrected chi connectivity index (χ2v) is 5.40. The zero-order valence-corrected chi connectivity index (χ0v) is 12.8. The summed E-state index contributed by atoms with van der Waals surface area (Å²) < 4.78 is 5.79. The van der Waals surface area contributed by atoms with E-state index in [9.17, 15) is 0 Å². The molecule has 0 aromatic carbocycles. The van der Waals surface area contributed by atoms with Crippen LogP contribution in [0, 0.1) is 5.92 Å². The summed E-state index contributed by atoms with van der Waals surface area (Å²) in [6.07, 6.45) is 13.0. The molecule has 0 aliphatic carbocycles. The van der Waals surface area contributed by atoms with E-state index in [4.69, 9.17) is 10.5 Å². The Morgan fingerprint density at radius 2 is 1.56 bits per heavy atom. The van der Waals surface area contributed by atoms with Gasteiger partial charge >= 0.3 is 0 Å². The van der Waals surface area contributed by atoms with Gasteiger partial charge in [-0.2, -0.15) is 0 Å². The van der Waals surface area contributed by atoms with Crippen molar-refractivity contribution in [1.82, 2.24) is 0 Å². The van der Waals surface area contributed by atoms with E-state index in [1.54, 1.807) is 0 Å². The van der Waals surface area contributed by atoms with Gasteiger partial charge in [0.2, 0.25) is 0 Å². The van der Waals surface area contributed by atoms with E-state index in [2.05, 4.69) is 13.8 Å². The molecule has 0 heterocycles. The third-order valence-corrected chi connectivity index (χ3v) is 3.64. The van der Waals surface area contributed by atoms with Gasteiger partial charge < -0.3 is 10.5 Å². The van der Waals surface area contributed by atoms with Crippen LogP contribution in [0.2, 0.25) is 0 Å². The average Bonchev–Trinajstić information content (AvgIpc) is 2.40. The Morgan fingerprint density at radius 1 is 0.889 bits per heavy atom. The molecule has 110 valence electrons. The van der Waals surface area contributed by atoms with Crippen LogP contribution in [0.15, 0.2) is 0 Å². The lowest BCUT2D eigenvalue weighted by Gasteiger charge is -2.14. The Hall–Kier alpha value is -0.0800. The summed E-state index contributed by atoms with van der Waals surface area (Å²) in [6.45, 7) is 7.32. The SMILES string of the molecule is CCCCC(CC)COCCCCCCCCN. The van der Waals surface area contributed by atoms with Crippen LogP contribution in [0.4, 0.5) is 0 Å². The van der Waals surface area contributed by atoms with E-state index in [1.165, 1.54) is 64.2 Å². The standard InChI is InChI=1S/C16H35NO/c1-3-5-12-16(4-2)15-18-14-11-9-7-6-8-10-13-17/h16H,3-15,17H2,1-2H3. The summed E-state index contributed by atoms with van der Waals surface area (Å²) in [5.74, 6) is 0.787. The van der Waals surface area contributed by atoms with Crippen LogP contribution in [0.5, 0.6) is 0 Å². The molecule has 0 rings (SSSR count). The maximum absolute atomic E-state index is 5.79. The Morgan fingerprint density at radius 3 is 2.17 bits per heavy atom. The molecule has 0 bridgehead atoms. The van der Waals surface area contributed by atoms with Crippen molar-refractivity contribution >= 4 is 0 Å². The Bertz CT molecular complexity index is 150. The molecular formula is C16H35NO. The number of ether oxygens (including phenoxy) is 1. The topological polar surface area (TPSA) is 35.2 Å². The van der Waals surface area contributed by atoms with Crippen molar-refractivity contribution < 1.29 is 4.74 Å². The van der Waals surface area contributed by atoms with Crippen LogP contribution in [-0.2, 0) is 4.74 Å². The van der Waals surface area contributed by atoms with E-state index >= 15 is 0 Å². The molecule has 0 radical (unpaired) electrons. The highest BCUT2D eigenvalue weighted by Crippen LogP contribution is 2.13. The van der Waals surface area contributed by atoms with Crippen molar-refractivity contribution in [2.24, 2.45) is 11.7 Å². The van der Waals surface area contributed by atoms with E-state index < -0.39 is 0 Å². The minimum absolute atomic E-state index is 0.787. The molecule has 2 heteroatoms. The number of nitrogens with two attached hydrogens (primary N) is 1. The molecule has 0 saturated heterocycles.